The minimum absolute atomic E-state index is 0.102. The van der Waals surface area contributed by atoms with E-state index in [1.54, 1.807) is 6.07 Å². The van der Waals surface area contributed by atoms with Gasteiger partial charge in [0.05, 0.1) is 6.42 Å². The zero-order valence-electron chi connectivity index (χ0n) is 11.6. The van der Waals surface area contributed by atoms with Crippen molar-refractivity contribution in [3.05, 3.63) is 11.8 Å². The number of nitriles is 1. The van der Waals surface area contributed by atoms with Crippen molar-refractivity contribution in [3.63, 3.8) is 0 Å². The lowest BCUT2D eigenvalue weighted by molar-refractivity contribution is -0.138. The van der Waals surface area contributed by atoms with Gasteiger partial charge < -0.3 is 20.8 Å². The molecule has 0 heterocycles. The second-order valence-electron chi connectivity index (χ2n) is 4.23. The van der Waals surface area contributed by atoms with Crippen LogP contribution in [0.4, 0.5) is 0 Å². The molecule has 0 aromatic rings. The van der Waals surface area contributed by atoms with Crippen LogP contribution in [0.2, 0.25) is 0 Å². The quantitative estimate of drug-likeness (QED) is 0.243. The van der Waals surface area contributed by atoms with Crippen molar-refractivity contribution >= 4 is 17.8 Å². The van der Waals surface area contributed by atoms with Crippen LogP contribution in [0.25, 0.3) is 0 Å². The lowest BCUT2D eigenvalue weighted by Gasteiger charge is -2.04. The van der Waals surface area contributed by atoms with Gasteiger partial charge in [-0.05, 0) is 12.8 Å². The molecule has 4 N–H and O–H groups in total. The van der Waals surface area contributed by atoms with E-state index in [0.29, 0.717) is 25.8 Å². The highest BCUT2D eigenvalue weighted by Gasteiger charge is 2.07. The molecule has 0 unspecified atom stereocenters. The van der Waals surface area contributed by atoms with E-state index in [1.807, 2.05) is 0 Å². The van der Waals surface area contributed by atoms with Gasteiger partial charge in [0.1, 0.15) is 11.6 Å². The van der Waals surface area contributed by atoms with E-state index >= 15 is 0 Å². The maximum absolute atomic E-state index is 11.6. The molecule has 0 fully saturated rings. The zero-order valence-corrected chi connectivity index (χ0v) is 11.6. The van der Waals surface area contributed by atoms with Crippen molar-refractivity contribution in [1.82, 2.24) is 10.6 Å². The van der Waals surface area contributed by atoms with E-state index in [9.17, 15) is 14.4 Å². The fourth-order valence-electron chi connectivity index (χ4n) is 1.38. The Kier molecular flexibility index (Phi) is 9.91. The Morgan fingerprint density at radius 1 is 1.00 bits per heavy atom. The Bertz CT molecular complexity index is 440. The molecule has 0 saturated carbocycles. The summed E-state index contributed by atoms with van der Waals surface area (Å²) in [6, 6.07) is 1.72. The number of carboxylic acid groups (broad SMARTS) is 2. The number of carbonyl (C=O) groups excluding carboxylic acids is 1. The van der Waals surface area contributed by atoms with Crippen LogP contribution < -0.4 is 10.6 Å². The first kappa shape index (κ1) is 18.4. The number of rotatable bonds is 11. The topological polar surface area (TPSA) is 140 Å². The number of hydrogen-bond donors (Lipinski definition) is 4. The minimum Gasteiger partial charge on any atom is -0.481 e. The smallest absolute Gasteiger partial charge is 0.305 e. The molecule has 0 atom stereocenters. The maximum Gasteiger partial charge on any atom is 0.305 e. The summed E-state index contributed by atoms with van der Waals surface area (Å²) in [4.78, 5) is 32.1. The summed E-state index contributed by atoms with van der Waals surface area (Å²) in [6.07, 6.45) is 3.02. The van der Waals surface area contributed by atoms with Crippen molar-refractivity contribution in [3.8, 4) is 6.07 Å². The molecule has 1 amide bonds. The molecule has 8 heteroatoms. The number of nitrogens with one attached hydrogen (secondary N) is 2. The molecule has 0 aromatic carbocycles. The summed E-state index contributed by atoms with van der Waals surface area (Å²) >= 11 is 0. The third-order valence-electron chi connectivity index (χ3n) is 2.45. The molecule has 0 rings (SSSR count). The van der Waals surface area contributed by atoms with E-state index in [2.05, 4.69) is 10.6 Å². The van der Waals surface area contributed by atoms with Crippen LogP contribution in [0.3, 0.4) is 0 Å². The van der Waals surface area contributed by atoms with Crippen LogP contribution in [0.15, 0.2) is 11.8 Å². The fraction of sp³-hybridized carbons (Fsp3) is 0.538. The second kappa shape index (κ2) is 11.3. The lowest BCUT2D eigenvalue weighted by atomic mass is 10.2. The van der Waals surface area contributed by atoms with Gasteiger partial charge in [-0.25, -0.2) is 0 Å². The Hall–Kier alpha value is -2.56. The molecule has 0 bridgehead atoms. The standard InChI is InChI=1S/C13H19N3O5/c14-8-10(9-15-7-5-12(19)20)13(21)16-6-3-1-2-4-11(17)18/h9,15H,1-7H2,(H,16,21)(H,17,18)(H,19,20)/b10-9-. The van der Waals surface area contributed by atoms with Gasteiger partial charge in [-0.1, -0.05) is 6.42 Å². The largest absolute Gasteiger partial charge is 0.481 e. The Morgan fingerprint density at radius 3 is 2.24 bits per heavy atom. The Labute approximate surface area is 122 Å². The predicted octanol–water partition coefficient (Wildman–Crippen LogP) is 0.219. The van der Waals surface area contributed by atoms with Gasteiger partial charge in [0.25, 0.3) is 5.91 Å². The van der Waals surface area contributed by atoms with Crippen LogP contribution in [0.1, 0.15) is 32.1 Å². The molecule has 21 heavy (non-hydrogen) atoms. The van der Waals surface area contributed by atoms with Gasteiger partial charge in [0.15, 0.2) is 0 Å². The van der Waals surface area contributed by atoms with Gasteiger partial charge in [-0.15, -0.1) is 0 Å². The molecular formula is C13H19N3O5. The number of carboxylic acids is 2. The normalized spacial score (nSPS) is 10.5. The zero-order chi connectivity index (χ0) is 16.1. The van der Waals surface area contributed by atoms with E-state index in [1.165, 1.54) is 6.20 Å². The number of unbranched alkanes of at least 4 members (excludes halogenated alkanes) is 2. The summed E-state index contributed by atoms with van der Waals surface area (Å²) < 4.78 is 0. The molecule has 0 saturated heterocycles. The van der Waals surface area contributed by atoms with Gasteiger partial charge in [-0.3, -0.25) is 14.4 Å². The number of nitrogens with zero attached hydrogens (tertiary/aromatic N) is 1. The average molecular weight is 297 g/mol. The number of aliphatic carboxylic acids is 2. The van der Waals surface area contributed by atoms with Crippen molar-refractivity contribution in [1.29, 1.82) is 5.26 Å². The number of amides is 1. The average Bonchev–Trinajstić information content (AvgIpc) is 2.41. The highest BCUT2D eigenvalue weighted by molar-refractivity contribution is 5.97. The van der Waals surface area contributed by atoms with E-state index in [-0.39, 0.29) is 25.0 Å². The molecule has 0 radical (unpaired) electrons. The molecule has 116 valence electrons. The highest BCUT2D eigenvalue weighted by atomic mass is 16.4. The first-order valence-electron chi connectivity index (χ1n) is 6.52. The monoisotopic (exact) mass is 297 g/mol. The molecule has 8 nitrogen and oxygen atoms in total. The van der Waals surface area contributed by atoms with E-state index < -0.39 is 17.8 Å². The first-order chi connectivity index (χ1) is 9.97. The van der Waals surface area contributed by atoms with Crippen molar-refractivity contribution < 1.29 is 24.6 Å². The fourth-order valence-corrected chi connectivity index (χ4v) is 1.38. The van der Waals surface area contributed by atoms with Crippen LogP contribution in [0, 0.1) is 11.3 Å². The van der Waals surface area contributed by atoms with Crippen LogP contribution in [0.5, 0.6) is 0 Å². The summed E-state index contributed by atoms with van der Waals surface area (Å²) in [5, 5.41) is 30.8. The Balaban J connectivity index is 3.89. The second-order valence-corrected chi connectivity index (χ2v) is 4.23. The third-order valence-corrected chi connectivity index (χ3v) is 2.45. The summed E-state index contributed by atoms with van der Waals surface area (Å²) in [7, 11) is 0. The minimum atomic E-state index is -0.972. The van der Waals surface area contributed by atoms with Gasteiger partial charge in [0.2, 0.25) is 0 Å². The third kappa shape index (κ3) is 11.0. The summed E-state index contributed by atoms with van der Waals surface area (Å²) in [5.41, 5.74) is -0.133. The van der Waals surface area contributed by atoms with Crippen LogP contribution in [-0.4, -0.2) is 41.1 Å². The molecule has 0 spiro atoms. The predicted molar refractivity (Wildman–Crippen MR) is 73.1 cm³/mol. The molecular weight excluding hydrogens is 278 g/mol. The summed E-state index contributed by atoms with van der Waals surface area (Å²) in [6.45, 7) is 0.482. The van der Waals surface area contributed by atoms with Gasteiger partial charge in [0, 0.05) is 25.7 Å². The lowest BCUT2D eigenvalue weighted by Crippen LogP contribution is -2.27. The van der Waals surface area contributed by atoms with E-state index in [0.717, 1.165) is 0 Å². The molecule has 0 aliphatic rings. The van der Waals surface area contributed by atoms with Crippen molar-refractivity contribution in [2.45, 2.75) is 32.1 Å². The Morgan fingerprint density at radius 2 is 1.67 bits per heavy atom. The van der Waals surface area contributed by atoms with Crippen LogP contribution >= 0.6 is 0 Å². The maximum atomic E-state index is 11.6. The van der Waals surface area contributed by atoms with Gasteiger partial charge >= 0.3 is 11.9 Å². The van der Waals surface area contributed by atoms with E-state index in [4.69, 9.17) is 15.5 Å². The van der Waals surface area contributed by atoms with Crippen LogP contribution in [-0.2, 0) is 14.4 Å². The van der Waals surface area contributed by atoms with Gasteiger partial charge in [-0.2, -0.15) is 5.26 Å². The molecule has 0 aliphatic carbocycles. The highest BCUT2D eigenvalue weighted by Crippen LogP contribution is 1.99. The molecule has 0 aromatic heterocycles. The summed E-state index contributed by atoms with van der Waals surface area (Å²) in [5.74, 6) is -2.36. The first-order valence-corrected chi connectivity index (χ1v) is 6.52. The number of carbonyl (C=O) groups is 3. The number of hydrogen-bond acceptors (Lipinski definition) is 5. The SMILES string of the molecule is N#C/C(=C/NCCC(=O)O)C(=O)NCCCCCC(=O)O. The van der Waals surface area contributed by atoms with Crippen molar-refractivity contribution in [2.75, 3.05) is 13.1 Å². The van der Waals surface area contributed by atoms with Crippen molar-refractivity contribution in [2.24, 2.45) is 0 Å². The molecule has 0 aliphatic heterocycles.